The molecule has 2 rings (SSSR count). The van der Waals surface area contributed by atoms with Gasteiger partial charge in [-0.15, -0.1) is 11.8 Å². The van der Waals surface area contributed by atoms with Crippen LogP contribution in [0, 0.1) is 11.3 Å². The minimum Gasteiger partial charge on any atom is -0.495 e. The highest BCUT2D eigenvalue weighted by Gasteiger charge is 2.07. The van der Waals surface area contributed by atoms with Gasteiger partial charge in [-0.1, -0.05) is 24.3 Å². The van der Waals surface area contributed by atoms with Crippen LogP contribution in [0.2, 0.25) is 0 Å². The molecule has 0 saturated carbocycles. The summed E-state index contributed by atoms with van der Waals surface area (Å²) in [4.78, 5) is 1.25. The third-order valence-corrected chi connectivity index (χ3v) is 3.80. The van der Waals surface area contributed by atoms with Crippen LogP contribution in [0.15, 0.2) is 53.4 Å². The molecule has 0 atom stereocenters. The Morgan fingerprint density at radius 1 is 1.15 bits per heavy atom. The smallest absolute Gasteiger partial charge is 0.143 e. The molecule has 0 bridgehead atoms. The highest BCUT2D eigenvalue weighted by molar-refractivity contribution is 7.99. The van der Waals surface area contributed by atoms with Gasteiger partial charge in [-0.05, 0) is 24.3 Å². The van der Waals surface area contributed by atoms with Crippen LogP contribution in [0.5, 0.6) is 5.75 Å². The first-order valence-corrected chi connectivity index (χ1v) is 7.32. The minimum absolute atomic E-state index is 0.606. The zero-order valence-corrected chi connectivity index (χ0v) is 12.1. The maximum atomic E-state index is 9.12. The molecule has 0 amide bonds. The summed E-state index contributed by atoms with van der Waals surface area (Å²) in [5.74, 6) is 1.63. The standard InChI is InChI=1S/C16H16N2OS/c1-19-15-9-5-6-13(12-17)16(15)18-10-11-20-14-7-3-2-4-8-14/h2-9,18H,10-11H2,1H3. The van der Waals surface area contributed by atoms with Crippen molar-refractivity contribution in [1.29, 1.82) is 5.26 Å². The highest BCUT2D eigenvalue weighted by Crippen LogP contribution is 2.28. The van der Waals surface area contributed by atoms with Crippen molar-refractivity contribution in [3.05, 3.63) is 54.1 Å². The van der Waals surface area contributed by atoms with E-state index in [0.717, 1.165) is 18.0 Å². The predicted molar refractivity (Wildman–Crippen MR) is 83.4 cm³/mol. The van der Waals surface area contributed by atoms with Crippen molar-refractivity contribution < 1.29 is 4.74 Å². The average Bonchev–Trinajstić information content (AvgIpc) is 2.52. The van der Waals surface area contributed by atoms with E-state index in [1.165, 1.54) is 4.90 Å². The Balaban J connectivity index is 1.93. The van der Waals surface area contributed by atoms with Crippen LogP contribution in [0.3, 0.4) is 0 Å². The zero-order chi connectivity index (χ0) is 14.2. The molecule has 0 heterocycles. The van der Waals surface area contributed by atoms with Crippen LogP contribution in [0.4, 0.5) is 5.69 Å². The highest BCUT2D eigenvalue weighted by atomic mass is 32.2. The molecule has 3 nitrogen and oxygen atoms in total. The lowest BCUT2D eigenvalue weighted by Crippen LogP contribution is -2.07. The van der Waals surface area contributed by atoms with Gasteiger partial charge < -0.3 is 10.1 Å². The fourth-order valence-electron chi connectivity index (χ4n) is 1.84. The summed E-state index contributed by atoms with van der Waals surface area (Å²) in [5.41, 5.74) is 1.38. The normalized spacial score (nSPS) is 9.80. The lowest BCUT2D eigenvalue weighted by Gasteiger charge is -2.12. The second-order valence-corrected chi connectivity index (χ2v) is 5.25. The third-order valence-electron chi connectivity index (χ3n) is 2.78. The Morgan fingerprint density at radius 3 is 2.65 bits per heavy atom. The fraction of sp³-hybridized carbons (Fsp3) is 0.188. The van der Waals surface area contributed by atoms with E-state index in [1.807, 2.05) is 30.3 Å². The number of hydrogen-bond donors (Lipinski definition) is 1. The number of methoxy groups -OCH3 is 1. The van der Waals surface area contributed by atoms with Gasteiger partial charge in [0, 0.05) is 17.2 Å². The molecule has 1 N–H and O–H groups in total. The molecule has 0 aliphatic heterocycles. The quantitative estimate of drug-likeness (QED) is 0.648. The van der Waals surface area contributed by atoms with Crippen molar-refractivity contribution in [1.82, 2.24) is 0 Å². The van der Waals surface area contributed by atoms with E-state index >= 15 is 0 Å². The van der Waals surface area contributed by atoms with E-state index in [1.54, 1.807) is 24.9 Å². The molecule has 0 unspecified atom stereocenters. The molecule has 20 heavy (non-hydrogen) atoms. The molecular weight excluding hydrogens is 268 g/mol. The van der Waals surface area contributed by atoms with E-state index in [2.05, 4.69) is 23.5 Å². The summed E-state index contributed by atoms with van der Waals surface area (Å²) in [6.07, 6.45) is 0. The van der Waals surface area contributed by atoms with Crippen molar-refractivity contribution in [3.8, 4) is 11.8 Å². The van der Waals surface area contributed by atoms with E-state index < -0.39 is 0 Å². The zero-order valence-electron chi connectivity index (χ0n) is 11.3. The first-order valence-electron chi connectivity index (χ1n) is 6.34. The molecule has 2 aromatic rings. The molecule has 0 spiro atoms. The van der Waals surface area contributed by atoms with Gasteiger partial charge in [0.15, 0.2) is 0 Å². The summed E-state index contributed by atoms with van der Waals surface area (Å²) in [6, 6.07) is 17.9. The molecule has 0 aliphatic rings. The largest absolute Gasteiger partial charge is 0.495 e. The molecule has 102 valence electrons. The third kappa shape index (κ3) is 3.69. The number of para-hydroxylation sites is 1. The Morgan fingerprint density at radius 2 is 1.95 bits per heavy atom. The van der Waals surface area contributed by atoms with Crippen molar-refractivity contribution in [2.75, 3.05) is 24.7 Å². The van der Waals surface area contributed by atoms with Crippen LogP contribution in [0.1, 0.15) is 5.56 Å². The average molecular weight is 284 g/mol. The lowest BCUT2D eigenvalue weighted by molar-refractivity contribution is 0.416. The lowest BCUT2D eigenvalue weighted by atomic mass is 10.2. The Labute approximate surface area is 123 Å². The van der Waals surface area contributed by atoms with Crippen LogP contribution >= 0.6 is 11.8 Å². The number of ether oxygens (including phenoxy) is 1. The number of nitrogens with one attached hydrogen (secondary N) is 1. The number of hydrogen-bond acceptors (Lipinski definition) is 4. The van der Waals surface area contributed by atoms with Crippen molar-refractivity contribution in [3.63, 3.8) is 0 Å². The number of rotatable bonds is 6. The van der Waals surface area contributed by atoms with Crippen LogP contribution in [-0.4, -0.2) is 19.4 Å². The summed E-state index contributed by atoms with van der Waals surface area (Å²) in [7, 11) is 1.61. The summed E-state index contributed by atoms with van der Waals surface area (Å²) in [5, 5.41) is 12.4. The molecule has 2 aromatic carbocycles. The van der Waals surface area contributed by atoms with Gasteiger partial charge in [-0.2, -0.15) is 5.26 Å². The molecule has 4 heteroatoms. The first kappa shape index (κ1) is 14.3. The molecular formula is C16H16N2OS. The van der Waals surface area contributed by atoms with Gasteiger partial charge in [-0.25, -0.2) is 0 Å². The number of nitrogens with zero attached hydrogens (tertiary/aromatic N) is 1. The van der Waals surface area contributed by atoms with Gasteiger partial charge in [0.2, 0.25) is 0 Å². The summed E-state index contributed by atoms with van der Waals surface area (Å²) >= 11 is 1.78. The number of benzene rings is 2. The number of nitriles is 1. The predicted octanol–water partition coefficient (Wildman–Crippen LogP) is 3.77. The second-order valence-electron chi connectivity index (χ2n) is 4.08. The molecule has 0 radical (unpaired) electrons. The second kappa shape index (κ2) is 7.46. The van der Waals surface area contributed by atoms with Crippen LogP contribution in [0.25, 0.3) is 0 Å². The van der Waals surface area contributed by atoms with Gasteiger partial charge in [0.1, 0.15) is 11.8 Å². The SMILES string of the molecule is COc1cccc(C#N)c1NCCSc1ccccc1. The summed E-state index contributed by atoms with van der Waals surface area (Å²) < 4.78 is 5.28. The summed E-state index contributed by atoms with van der Waals surface area (Å²) in [6.45, 7) is 0.772. The molecule has 0 fully saturated rings. The topological polar surface area (TPSA) is 45.0 Å². The van der Waals surface area contributed by atoms with E-state index in [4.69, 9.17) is 10.00 Å². The molecule has 0 aliphatic carbocycles. The maximum Gasteiger partial charge on any atom is 0.143 e. The van der Waals surface area contributed by atoms with Crippen LogP contribution in [-0.2, 0) is 0 Å². The Kier molecular flexibility index (Phi) is 5.33. The number of anilines is 1. The van der Waals surface area contributed by atoms with E-state index in [9.17, 15) is 0 Å². The van der Waals surface area contributed by atoms with Gasteiger partial charge in [0.25, 0.3) is 0 Å². The Bertz CT molecular complexity index is 593. The first-order chi connectivity index (χ1) is 9.85. The van der Waals surface area contributed by atoms with Gasteiger partial charge >= 0.3 is 0 Å². The number of thioether (sulfide) groups is 1. The Hall–Kier alpha value is -2.12. The van der Waals surface area contributed by atoms with E-state index in [0.29, 0.717) is 11.3 Å². The minimum atomic E-state index is 0.606. The molecule has 0 aromatic heterocycles. The van der Waals surface area contributed by atoms with Crippen LogP contribution < -0.4 is 10.1 Å². The maximum absolute atomic E-state index is 9.12. The van der Waals surface area contributed by atoms with Gasteiger partial charge in [0.05, 0.1) is 18.4 Å². The molecule has 0 saturated heterocycles. The van der Waals surface area contributed by atoms with Crippen molar-refractivity contribution >= 4 is 17.4 Å². The monoisotopic (exact) mass is 284 g/mol. The van der Waals surface area contributed by atoms with Crippen molar-refractivity contribution in [2.45, 2.75) is 4.90 Å². The van der Waals surface area contributed by atoms with Gasteiger partial charge in [-0.3, -0.25) is 0 Å². The van der Waals surface area contributed by atoms with Crippen molar-refractivity contribution in [2.24, 2.45) is 0 Å². The van der Waals surface area contributed by atoms with E-state index in [-0.39, 0.29) is 0 Å². The fourth-order valence-corrected chi connectivity index (χ4v) is 2.63.